The lowest BCUT2D eigenvalue weighted by Gasteiger charge is -2.27. The molecule has 1 heterocycles. The molecule has 1 amide bonds. The van der Waals surface area contributed by atoms with Crippen molar-refractivity contribution in [3.63, 3.8) is 0 Å². The Kier molecular flexibility index (Phi) is 3.78. The Hall–Kier alpha value is -1.03. The predicted molar refractivity (Wildman–Crippen MR) is 78.6 cm³/mol. The van der Waals surface area contributed by atoms with E-state index in [0.29, 0.717) is 12.5 Å². The number of carbonyl (C=O) groups excluding carboxylic acids is 1. The van der Waals surface area contributed by atoms with Gasteiger partial charge in [-0.15, -0.1) is 0 Å². The first-order valence-corrected chi connectivity index (χ1v) is 7.80. The van der Waals surface area contributed by atoms with Gasteiger partial charge in [0.15, 0.2) is 0 Å². The van der Waals surface area contributed by atoms with E-state index in [4.69, 9.17) is 4.74 Å². The molecule has 1 saturated carbocycles. The van der Waals surface area contributed by atoms with E-state index in [-0.39, 0.29) is 5.91 Å². The van der Waals surface area contributed by atoms with Gasteiger partial charge in [-0.2, -0.15) is 0 Å². The lowest BCUT2D eigenvalue weighted by Crippen LogP contribution is -2.23. The molecule has 0 unspecified atom stereocenters. The largest absolute Gasteiger partial charge is 0.488 e. The molecule has 0 spiro atoms. The van der Waals surface area contributed by atoms with Crippen molar-refractivity contribution < 1.29 is 9.53 Å². The van der Waals surface area contributed by atoms with Crippen LogP contribution in [0.15, 0.2) is 16.6 Å². The second-order valence-corrected chi connectivity index (χ2v) is 6.28. The van der Waals surface area contributed by atoms with Gasteiger partial charge in [-0.1, -0.05) is 22.4 Å². The number of benzene rings is 1. The summed E-state index contributed by atoms with van der Waals surface area (Å²) >= 11 is 3.53. The van der Waals surface area contributed by atoms with Gasteiger partial charge in [-0.25, -0.2) is 0 Å². The molecule has 1 aromatic rings. The Morgan fingerprint density at radius 3 is 2.74 bits per heavy atom. The number of halogens is 1. The maximum absolute atomic E-state index is 11.6. The fourth-order valence-electron chi connectivity index (χ4n) is 2.88. The van der Waals surface area contributed by atoms with Crippen LogP contribution >= 0.6 is 15.9 Å². The van der Waals surface area contributed by atoms with Gasteiger partial charge in [0.25, 0.3) is 0 Å². The van der Waals surface area contributed by atoms with Crippen LogP contribution in [0, 0.1) is 0 Å². The van der Waals surface area contributed by atoms with Crippen LogP contribution in [0.1, 0.15) is 44.1 Å². The summed E-state index contributed by atoms with van der Waals surface area (Å²) < 4.78 is 7.16. The third kappa shape index (κ3) is 2.94. The van der Waals surface area contributed by atoms with Crippen molar-refractivity contribution >= 4 is 27.5 Å². The molecule has 102 valence electrons. The topological polar surface area (TPSA) is 38.3 Å². The van der Waals surface area contributed by atoms with Crippen molar-refractivity contribution in [1.82, 2.24) is 0 Å². The average Bonchev–Trinajstić information content (AvgIpc) is 2.41. The maximum Gasteiger partial charge on any atom is 0.224 e. The van der Waals surface area contributed by atoms with Crippen LogP contribution in [0.2, 0.25) is 0 Å². The molecule has 1 aromatic carbocycles. The molecule has 3 nitrogen and oxygen atoms in total. The highest BCUT2D eigenvalue weighted by Gasteiger charge is 2.22. The van der Waals surface area contributed by atoms with E-state index < -0.39 is 0 Å². The summed E-state index contributed by atoms with van der Waals surface area (Å²) in [5, 5.41) is 2.96. The summed E-state index contributed by atoms with van der Waals surface area (Å²) in [6, 6.07) is 4.04. The Balaban J connectivity index is 1.86. The zero-order chi connectivity index (χ0) is 13.2. The number of carbonyl (C=O) groups is 1. The molecule has 2 aliphatic rings. The van der Waals surface area contributed by atoms with Gasteiger partial charge < -0.3 is 10.1 Å². The fraction of sp³-hybridized carbons (Fsp3) is 0.533. The number of amides is 1. The monoisotopic (exact) mass is 323 g/mol. The lowest BCUT2D eigenvalue weighted by atomic mass is 9.97. The molecule has 0 radical (unpaired) electrons. The molecular formula is C15H18BrNO2. The number of nitrogens with one attached hydrogen (secondary N) is 1. The molecule has 1 fully saturated rings. The molecule has 19 heavy (non-hydrogen) atoms. The van der Waals surface area contributed by atoms with E-state index in [2.05, 4.69) is 27.3 Å². The summed E-state index contributed by atoms with van der Waals surface area (Å²) in [5.41, 5.74) is 2.05. The van der Waals surface area contributed by atoms with Crippen molar-refractivity contribution in [2.45, 2.75) is 51.0 Å². The summed E-state index contributed by atoms with van der Waals surface area (Å²) in [6.45, 7) is 0. The average molecular weight is 324 g/mol. The Morgan fingerprint density at radius 2 is 1.95 bits per heavy atom. The van der Waals surface area contributed by atoms with Crippen LogP contribution in [0.4, 0.5) is 5.69 Å². The molecule has 3 rings (SSSR count). The maximum atomic E-state index is 11.6. The molecule has 0 bridgehead atoms. The molecular weight excluding hydrogens is 306 g/mol. The van der Waals surface area contributed by atoms with Gasteiger partial charge in [0.1, 0.15) is 5.75 Å². The minimum Gasteiger partial charge on any atom is -0.488 e. The molecule has 0 aromatic heterocycles. The van der Waals surface area contributed by atoms with Crippen molar-refractivity contribution in [3.8, 4) is 5.75 Å². The number of hydrogen-bond donors (Lipinski definition) is 1. The van der Waals surface area contributed by atoms with Crippen molar-refractivity contribution in [2.24, 2.45) is 0 Å². The van der Waals surface area contributed by atoms with Crippen LogP contribution in [-0.2, 0) is 11.2 Å². The Bertz CT molecular complexity index is 495. The van der Waals surface area contributed by atoms with Crippen LogP contribution in [0.25, 0.3) is 0 Å². The number of rotatable bonds is 2. The van der Waals surface area contributed by atoms with Gasteiger partial charge in [-0.05, 0) is 49.8 Å². The summed E-state index contributed by atoms with van der Waals surface area (Å²) in [5.74, 6) is 0.910. The van der Waals surface area contributed by atoms with Crippen LogP contribution in [-0.4, -0.2) is 12.0 Å². The predicted octanol–water partition coefficient (Wildman–Crippen LogP) is 4.05. The number of fused-ring (bicyclic) bond motifs is 1. The standard InChI is InChI=1S/C15H18BrNO2/c16-11-8-10-6-7-14(18)17-15(10)13(9-11)19-12-4-2-1-3-5-12/h8-9,12H,1-7H2,(H,17,18). The van der Waals surface area contributed by atoms with E-state index in [1.165, 1.54) is 24.8 Å². The van der Waals surface area contributed by atoms with Crippen LogP contribution < -0.4 is 10.1 Å². The zero-order valence-corrected chi connectivity index (χ0v) is 12.5. The molecule has 1 N–H and O–H groups in total. The smallest absolute Gasteiger partial charge is 0.224 e. The molecule has 0 saturated heterocycles. The highest BCUT2D eigenvalue weighted by Crippen LogP contribution is 2.37. The summed E-state index contributed by atoms with van der Waals surface area (Å²) in [4.78, 5) is 11.6. The first kappa shape index (κ1) is 13.0. The molecule has 4 heteroatoms. The second-order valence-electron chi connectivity index (χ2n) is 5.36. The summed E-state index contributed by atoms with van der Waals surface area (Å²) in [7, 11) is 0. The van der Waals surface area contributed by atoms with Gasteiger partial charge in [-0.3, -0.25) is 4.79 Å². The van der Waals surface area contributed by atoms with E-state index in [1.807, 2.05) is 6.07 Å². The number of ether oxygens (including phenoxy) is 1. The second kappa shape index (κ2) is 5.53. The van der Waals surface area contributed by atoms with Gasteiger partial charge in [0, 0.05) is 10.9 Å². The molecule has 0 atom stereocenters. The first-order chi connectivity index (χ1) is 9.22. The SMILES string of the molecule is O=C1CCc2cc(Br)cc(OC3CCCCC3)c2N1. The Labute approximate surface area is 121 Å². The normalized spacial score (nSPS) is 19.7. The fourth-order valence-corrected chi connectivity index (χ4v) is 3.36. The quantitative estimate of drug-likeness (QED) is 0.891. The van der Waals surface area contributed by atoms with Gasteiger partial charge in [0.2, 0.25) is 5.91 Å². The lowest BCUT2D eigenvalue weighted by molar-refractivity contribution is -0.116. The van der Waals surface area contributed by atoms with Crippen molar-refractivity contribution in [2.75, 3.05) is 5.32 Å². The van der Waals surface area contributed by atoms with Gasteiger partial charge >= 0.3 is 0 Å². The van der Waals surface area contributed by atoms with Crippen molar-refractivity contribution in [3.05, 3.63) is 22.2 Å². The minimum atomic E-state index is 0.0864. The third-order valence-corrected chi connectivity index (χ3v) is 4.34. The number of hydrogen-bond acceptors (Lipinski definition) is 2. The summed E-state index contributed by atoms with van der Waals surface area (Å²) in [6.07, 6.45) is 7.69. The highest BCUT2D eigenvalue weighted by atomic mass is 79.9. The zero-order valence-electron chi connectivity index (χ0n) is 10.9. The van der Waals surface area contributed by atoms with Crippen LogP contribution in [0.5, 0.6) is 5.75 Å². The van der Waals surface area contributed by atoms with E-state index in [0.717, 1.165) is 35.2 Å². The molecule has 1 aliphatic carbocycles. The molecule has 1 aliphatic heterocycles. The van der Waals surface area contributed by atoms with E-state index in [1.54, 1.807) is 0 Å². The Morgan fingerprint density at radius 1 is 1.16 bits per heavy atom. The third-order valence-electron chi connectivity index (χ3n) is 3.88. The van der Waals surface area contributed by atoms with Gasteiger partial charge in [0.05, 0.1) is 11.8 Å². The minimum absolute atomic E-state index is 0.0864. The highest BCUT2D eigenvalue weighted by molar-refractivity contribution is 9.10. The van der Waals surface area contributed by atoms with E-state index in [9.17, 15) is 4.79 Å². The number of aryl methyl sites for hydroxylation is 1. The van der Waals surface area contributed by atoms with E-state index >= 15 is 0 Å². The number of anilines is 1. The van der Waals surface area contributed by atoms with Crippen LogP contribution in [0.3, 0.4) is 0 Å². The van der Waals surface area contributed by atoms with Crippen molar-refractivity contribution in [1.29, 1.82) is 0 Å². The first-order valence-electron chi connectivity index (χ1n) is 7.01.